The van der Waals surface area contributed by atoms with E-state index in [4.69, 9.17) is 4.98 Å². The maximum atomic E-state index is 12.3. The van der Waals surface area contributed by atoms with Crippen molar-refractivity contribution in [1.82, 2.24) is 24.8 Å². The monoisotopic (exact) mass is 363 g/mol. The molecule has 1 saturated heterocycles. The van der Waals surface area contributed by atoms with Gasteiger partial charge in [0, 0.05) is 25.7 Å². The lowest BCUT2D eigenvalue weighted by molar-refractivity contribution is -0.122. The molecule has 1 aliphatic heterocycles. The Labute approximate surface area is 159 Å². The molecule has 0 spiro atoms. The molecule has 6 nitrogen and oxygen atoms in total. The van der Waals surface area contributed by atoms with Gasteiger partial charge in [-0.3, -0.25) is 14.7 Å². The zero-order chi connectivity index (χ0) is 18.6. The van der Waals surface area contributed by atoms with E-state index in [2.05, 4.69) is 38.9 Å². The third-order valence-electron chi connectivity index (χ3n) is 5.25. The zero-order valence-corrected chi connectivity index (χ0v) is 15.6. The van der Waals surface area contributed by atoms with Crippen LogP contribution in [0.2, 0.25) is 0 Å². The van der Waals surface area contributed by atoms with Crippen molar-refractivity contribution in [3.8, 4) is 0 Å². The van der Waals surface area contributed by atoms with E-state index in [0.717, 1.165) is 48.5 Å². The van der Waals surface area contributed by atoms with Crippen LogP contribution in [0.15, 0.2) is 48.7 Å². The number of aryl methyl sites for hydroxylation is 1. The SMILES string of the molecule is Cn1c(C2CCCN(CC(=O)NCc3ccccn3)C2)nc2ccccc21. The minimum atomic E-state index is 0.0475. The van der Waals surface area contributed by atoms with Crippen molar-refractivity contribution < 1.29 is 4.79 Å². The van der Waals surface area contributed by atoms with Crippen LogP contribution < -0.4 is 5.32 Å². The lowest BCUT2D eigenvalue weighted by Gasteiger charge is -2.31. The molecule has 0 saturated carbocycles. The van der Waals surface area contributed by atoms with E-state index in [1.54, 1.807) is 6.20 Å². The maximum Gasteiger partial charge on any atom is 0.234 e. The lowest BCUT2D eigenvalue weighted by atomic mass is 9.97. The number of benzene rings is 1. The highest BCUT2D eigenvalue weighted by Crippen LogP contribution is 2.28. The van der Waals surface area contributed by atoms with Gasteiger partial charge < -0.3 is 9.88 Å². The zero-order valence-electron chi connectivity index (χ0n) is 15.6. The molecule has 27 heavy (non-hydrogen) atoms. The number of pyridine rings is 1. The fraction of sp³-hybridized carbons (Fsp3) is 0.381. The van der Waals surface area contributed by atoms with E-state index < -0.39 is 0 Å². The molecule has 6 heteroatoms. The quantitative estimate of drug-likeness (QED) is 0.756. The first-order chi connectivity index (χ1) is 13.2. The van der Waals surface area contributed by atoms with Crippen molar-refractivity contribution in [3.63, 3.8) is 0 Å². The van der Waals surface area contributed by atoms with Crippen molar-refractivity contribution in [2.24, 2.45) is 7.05 Å². The molecule has 0 aliphatic carbocycles. The van der Waals surface area contributed by atoms with Gasteiger partial charge in [-0.1, -0.05) is 18.2 Å². The number of likely N-dealkylation sites (tertiary alicyclic amines) is 1. The third-order valence-corrected chi connectivity index (χ3v) is 5.25. The number of rotatable bonds is 5. The van der Waals surface area contributed by atoms with E-state index in [-0.39, 0.29) is 5.91 Å². The molecular weight excluding hydrogens is 338 g/mol. The normalized spacial score (nSPS) is 17.9. The summed E-state index contributed by atoms with van der Waals surface area (Å²) in [4.78, 5) is 23.7. The summed E-state index contributed by atoms with van der Waals surface area (Å²) in [6, 6.07) is 14.0. The number of carbonyl (C=O) groups excluding carboxylic acids is 1. The van der Waals surface area contributed by atoms with Crippen LogP contribution in [0.4, 0.5) is 0 Å². The van der Waals surface area contributed by atoms with E-state index >= 15 is 0 Å². The Balaban J connectivity index is 1.37. The van der Waals surface area contributed by atoms with Crippen molar-refractivity contribution in [2.75, 3.05) is 19.6 Å². The van der Waals surface area contributed by atoms with Crippen LogP contribution in [0.25, 0.3) is 11.0 Å². The fourth-order valence-corrected chi connectivity index (χ4v) is 3.89. The highest BCUT2D eigenvalue weighted by Gasteiger charge is 2.26. The largest absolute Gasteiger partial charge is 0.349 e. The molecular formula is C21H25N5O. The molecule has 3 heterocycles. The first-order valence-corrected chi connectivity index (χ1v) is 9.51. The average Bonchev–Trinajstić information content (AvgIpc) is 3.04. The highest BCUT2D eigenvalue weighted by molar-refractivity contribution is 5.78. The smallest absolute Gasteiger partial charge is 0.234 e. The first kappa shape index (κ1) is 17.7. The van der Waals surface area contributed by atoms with E-state index in [9.17, 15) is 4.79 Å². The number of nitrogens with zero attached hydrogens (tertiary/aromatic N) is 4. The van der Waals surface area contributed by atoms with Crippen LogP contribution >= 0.6 is 0 Å². The molecule has 3 aromatic rings. The number of nitrogens with one attached hydrogen (secondary N) is 1. The minimum absolute atomic E-state index is 0.0475. The second kappa shape index (κ2) is 7.88. The predicted octanol–water partition coefficient (Wildman–Crippen LogP) is 2.46. The topological polar surface area (TPSA) is 63.1 Å². The van der Waals surface area contributed by atoms with Gasteiger partial charge in [-0.25, -0.2) is 4.98 Å². The van der Waals surface area contributed by atoms with Gasteiger partial charge in [0.05, 0.1) is 29.8 Å². The van der Waals surface area contributed by atoms with Crippen LogP contribution in [0, 0.1) is 0 Å². The Morgan fingerprint density at radius 2 is 2.07 bits per heavy atom. The minimum Gasteiger partial charge on any atom is -0.349 e. The molecule has 2 aromatic heterocycles. The van der Waals surface area contributed by atoms with Gasteiger partial charge in [-0.05, 0) is 43.7 Å². The van der Waals surface area contributed by atoms with Gasteiger partial charge in [-0.15, -0.1) is 0 Å². The van der Waals surface area contributed by atoms with Gasteiger partial charge in [-0.2, -0.15) is 0 Å². The van der Waals surface area contributed by atoms with E-state index in [1.807, 2.05) is 30.3 Å². The number of hydrogen-bond donors (Lipinski definition) is 1. The van der Waals surface area contributed by atoms with Gasteiger partial charge in [0.1, 0.15) is 5.82 Å². The fourth-order valence-electron chi connectivity index (χ4n) is 3.89. The molecule has 1 aliphatic rings. The average molecular weight is 363 g/mol. The third kappa shape index (κ3) is 4.01. The van der Waals surface area contributed by atoms with Gasteiger partial charge in [0.2, 0.25) is 5.91 Å². The summed E-state index contributed by atoms with van der Waals surface area (Å²) in [5.41, 5.74) is 3.08. The lowest BCUT2D eigenvalue weighted by Crippen LogP contribution is -2.42. The number of hydrogen-bond acceptors (Lipinski definition) is 4. The summed E-state index contributed by atoms with van der Waals surface area (Å²) in [7, 11) is 2.09. The van der Waals surface area contributed by atoms with Crippen LogP contribution in [-0.2, 0) is 18.4 Å². The van der Waals surface area contributed by atoms with Crippen molar-refractivity contribution >= 4 is 16.9 Å². The number of fused-ring (bicyclic) bond motifs is 1. The van der Waals surface area contributed by atoms with Crippen molar-refractivity contribution in [1.29, 1.82) is 0 Å². The van der Waals surface area contributed by atoms with Gasteiger partial charge >= 0.3 is 0 Å². The number of piperidine rings is 1. The van der Waals surface area contributed by atoms with Crippen LogP contribution in [0.5, 0.6) is 0 Å². The van der Waals surface area contributed by atoms with Crippen LogP contribution in [0.1, 0.15) is 30.3 Å². The Morgan fingerprint density at radius 1 is 1.22 bits per heavy atom. The Kier molecular flexibility index (Phi) is 5.16. The molecule has 1 N–H and O–H groups in total. The molecule has 0 radical (unpaired) electrons. The second-order valence-corrected chi connectivity index (χ2v) is 7.19. The summed E-state index contributed by atoms with van der Waals surface area (Å²) in [6.07, 6.45) is 3.94. The second-order valence-electron chi connectivity index (χ2n) is 7.19. The number of imidazole rings is 1. The summed E-state index contributed by atoms with van der Waals surface area (Å²) in [6.45, 7) is 2.72. The van der Waals surface area contributed by atoms with Crippen LogP contribution in [-0.4, -0.2) is 45.0 Å². The molecule has 140 valence electrons. The van der Waals surface area contributed by atoms with Crippen molar-refractivity contribution in [2.45, 2.75) is 25.3 Å². The van der Waals surface area contributed by atoms with E-state index in [0.29, 0.717) is 19.0 Å². The van der Waals surface area contributed by atoms with E-state index in [1.165, 1.54) is 0 Å². The molecule has 0 bridgehead atoms. The molecule has 1 aromatic carbocycles. The summed E-state index contributed by atoms with van der Waals surface area (Å²) < 4.78 is 2.20. The Bertz CT molecular complexity index is 921. The number of para-hydroxylation sites is 2. The van der Waals surface area contributed by atoms with Crippen molar-refractivity contribution in [3.05, 3.63) is 60.2 Å². The standard InChI is InChI=1S/C21H25N5O/c1-25-19-10-3-2-9-18(19)24-21(25)16-7-6-12-26(14-16)15-20(27)23-13-17-8-4-5-11-22-17/h2-5,8-11,16H,6-7,12-15H2,1H3,(H,23,27). The predicted molar refractivity (Wildman–Crippen MR) is 105 cm³/mol. The molecule has 4 rings (SSSR count). The number of amides is 1. The first-order valence-electron chi connectivity index (χ1n) is 9.51. The molecule has 1 amide bonds. The van der Waals surface area contributed by atoms with Gasteiger partial charge in [0.15, 0.2) is 0 Å². The number of carbonyl (C=O) groups is 1. The van der Waals surface area contributed by atoms with Crippen LogP contribution in [0.3, 0.4) is 0 Å². The number of aromatic nitrogens is 3. The van der Waals surface area contributed by atoms with Gasteiger partial charge in [0.25, 0.3) is 0 Å². The Morgan fingerprint density at radius 3 is 2.89 bits per heavy atom. The maximum absolute atomic E-state index is 12.3. The molecule has 1 atom stereocenters. The summed E-state index contributed by atoms with van der Waals surface area (Å²) in [5.74, 6) is 1.53. The summed E-state index contributed by atoms with van der Waals surface area (Å²) >= 11 is 0. The summed E-state index contributed by atoms with van der Waals surface area (Å²) in [5, 5.41) is 2.97. The molecule has 1 fully saturated rings. The Hall–Kier alpha value is -2.73. The molecule has 1 unspecified atom stereocenters. The highest BCUT2D eigenvalue weighted by atomic mass is 16.2.